The number of pyridine rings is 1. The summed E-state index contributed by atoms with van der Waals surface area (Å²) in [6.45, 7) is 0. The molecular formula is C66H44N2. The van der Waals surface area contributed by atoms with Crippen molar-refractivity contribution in [1.82, 2.24) is 4.98 Å². The summed E-state index contributed by atoms with van der Waals surface area (Å²) in [7, 11) is 0. The monoisotopic (exact) mass is 864 g/mol. The molecule has 0 N–H and O–H groups in total. The minimum Gasteiger partial charge on any atom is -0.310 e. The highest BCUT2D eigenvalue weighted by atomic mass is 15.2. The van der Waals surface area contributed by atoms with E-state index in [1.807, 2.05) is 0 Å². The Morgan fingerprint density at radius 2 is 0.721 bits per heavy atom. The van der Waals surface area contributed by atoms with Gasteiger partial charge in [-0.15, -0.1) is 0 Å². The predicted octanol–water partition coefficient (Wildman–Crippen LogP) is 17.2. The van der Waals surface area contributed by atoms with Gasteiger partial charge in [-0.1, -0.05) is 224 Å². The molecule has 68 heavy (non-hydrogen) atoms. The summed E-state index contributed by atoms with van der Waals surface area (Å²) in [6, 6.07) is 97.3. The molecule has 318 valence electrons. The maximum absolute atomic E-state index is 5.56. The summed E-state index contributed by atoms with van der Waals surface area (Å²) < 4.78 is 0. The highest BCUT2D eigenvalue weighted by Crippen LogP contribution is 2.65. The predicted molar refractivity (Wildman–Crippen MR) is 282 cm³/mol. The molecule has 11 aromatic rings. The fourth-order valence-electron chi connectivity index (χ4n) is 11.1. The van der Waals surface area contributed by atoms with Gasteiger partial charge in [-0.05, 0) is 120 Å². The van der Waals surface area contributed by atoms with Gasteiger partial charge in [-0.3, -0.25) is 0 Å². The maximum atomic E-state index is 5.56. The van der Waals surface area contributed by atoms with Gasteiger partial charge in [-0.25, -0.2) is 4.98 Å². The largest absolute Gasteiger partial charge is 0.310 e. The summed E-state index contributed by atoms with van der Waals surface area (Å²) in [4.78, 5) is 8.01. The molecule has 0 bridgehead atoms. The van der Waals surface area contributed by atoms with Crippen molar-refractivity contribution < 1.29 is 0 Å². The van der Waals surface area contributed by atoms with Gasteiger partial charge in [0.1, 0.15) is 0 Å². The second kappa shape index (κ2) is 16.2. The highest BCUT2D eigenvalue weighted by molar-refractivity contribution is 6.01. The lowest BCUT2D eigenvalue weighted by Gasteiger charge is -2.45. The molecule has 1 spiro atoms. The zero-order chi connectivity index (χ0) is 45.0. The van der Waals surface area contributed by atoms with Crippen LogP contribution in [0.1, 0.15) is 22.3 Å². The van der Waals surface area contributed by atoms with Gasteiger partial charge in [0.15, 0.2) is 0 Å². The molecule has 2 nitrogen and oxygen atoms in total. The lowest BCUT2D eigenvalue weighted by Crippen LogP contribution is -2.36. The van der Waals surface area contributed by atoms with Crippen molar-refractivity contribution >= 4 is 17.1 Å². The third kappa shape index (κ3) is 6.30. The number of rotatable bonds is 7. The smallest absolute Gasteiger partial charge is 0.0754 e. The van der Waals surface area contributed by atoms with Gasteiger partial charge in [0.05, 0.1) is 28.2 Å². The molecule has 0 atom stereocenters. The third-order valence-corrected chi connectivity index (χ3v) is 14.1. The van der Waals surface area contributed by atoms with Crippen LogP contribution in [0.2, 0.25) is 0 Å². The van der Waals surface area contributed by atoms with Crippen molar-refractivity contribution in [1.29, 1.82) is 0 Å². The Bertz CT molecular complexity index is 3550. The average Bonchev–Trinajstić information content (AvgIpc) is 3.72. The van der Waals surface area contributed by atoms with Crippen LogP contribution in [0.5, 0.6) is 0 Å². The van der Waals surface area contributed by atoms with E-state index in [4.69, 9.17) is 4.98 Å². The molecule has 0 unspecified atom stereocenters. The van der Waals surface area contributed by atoms with E-state index in [2.05, 4.69) is 272 Å². The third-order valence-electron chi connectivity index (χ3n) is 14.1. The Morgan fingerprint density at radius 1 is 0.265 bits per heavy atom. The first-order chi connectivity index (χ1) is 33.7. The molecule has 13 rings (SSSR count). The fourth-order valence-corrected chi connectivity index (χ4v) is 11.1. The van der Waals surface area contributed by atoms with Crippen LogP contribution in [0.4, 0.5) is 17.1 Å². The van der Waals surface area contributed by atoms with Crippen molar-refractivity contribution in [3.05, 3.63) is 289 Å². The number of anilines is 3. The molecule has 2 heteroatoms. The fraction of sp³-hybridized carbons (Fsp3) is 0.0152. The molecular weight excluding hydrogens is 821 g/mol. The van der Waals surface area contributed by atoms with Gasteiger partial charge >= 0.3 is 0 Å². The van der Waals surface area contributed by atoms with Gasteiger partial charge < -0.3 is 4.90 Å². The highest BCUT2D eigenvalue weighted by Gasteiger charge is 2.52. The number of fused-ring (bicyclic) bond motifs is 9. The molecule has 2 aliphatic rings. The SMILES string of the molecule is c1ccc(-c2cc(-c3ccccc3)nc(-c3cccc4c3-c3cc(-c5ccc(-c6ccccc6-c6ccccc6)cc5)ccc3C43c4ccccc4N(c4ccccc4)c4ccccc43)c2)cc1. The molecule has 10 aromatic carbocycles. The van der Waals surface area contributed by atoms with Crippen LogP contribution in [0.25, 0.3) is 78.1 Å². The lowest BCUT2D eigenvalue weighted by molar-refractivity contribution is 0.753. The van der Waals surface area contributed by atoms with Crippen molar-refractivity contribution in [3.63, 3.8) is 0 Å². The van der Waals surface area contributed by atoms with Crippen molar-refractivity contribution in [2.45, 2.75) is 5.41 Å². The molecule has 1 aromatic heterocycles. The first-order valence-electron chi connectivity index (χ1n) is 23.5. The van der Waals surface area contributed by atoms with Gasteiger partial charge in [0.2, 0.25) is 0 Å². The van der Waals surface area contributed by atoms with Gasteiger partial charge in [-0.2, -0.15) is 0 Å². The Kier molecular flexibility index (Phi) is 9.43. The molecule has 0 radical (unpaired) electrons. The van der Waals surface area contributed by atoms with E-state index < -0.39 is 5.41 Å². The first kappa shape index (κ1) is 39.5. The lowest BCUT2D eigenvalue weighted by atomic mass is 9.64. The van der Waals surface area contributed by atoms with Crippen LogP contribution in [-0.2, 0) is 5.41 Å². The van der Waals surface area contributed by atoms with E-state index in [1.165, 1.54) is 78.1 Å². The Morgan fingerprint density at radius 3 is 1.37 bits per heavy atom. The van der Waals surface area contributed by atoms with E-state index in [1.54, 1.807) is 0 Å². The summed E-state index contributed by atoms with van der Waals surface area (Å²) in [5, 5.41) is 0. The number of hydrogen-bond acceptors (Lipinski definition) is 2. The van der Waals surface area contributed by atoms with Crippen LogP contribution in [0.15, 0.2) is 267 Å². The van der Waals surface area contributed by atoms with E-state index in [-0.39, 0.29) is 0 Å². The van der Waals surface area contributed by atoms with Crippen LogP contribution >= 0.6 is 0 Å². The van der Waals surface area contributed by atoms with Crippen LogP contribution in [-0.4, -0.2) is 4.98 Å². The zero-order valence-corrected chi connectivity index (χ0v) is 37.3. The second-order valence-electron chi connectivity index (χ2n) is 17.8. The van der Waals surface area contributed by atoms with Gasteiger partial charge in [0, 0.05) is 16.8 Å². The number of hydrogen-bond donors (Lipinski definition) is 0. The summed E-state index contributed by atoms with van der Waals surface area (Å²) in [5.41, 5.74) is 23.9. The van der Waals surface area contributed by atoms with E-state index in [9.17, 15) is 0 Å². The average molecular weight is 865 g/mol. The normalized spacial score (nSPS) is 12.8. The van der Waals surface area contributed by atoms with E-state index in [0.29, 0.717) is 0 Å². The molecule has 1 aliphatic heterocycles. The molecule has 0 saturated heterocycles. The van der Waals surface area contributed by atoms with E-state index in [0.717, 1.165) is 39.3 Å². The Hall–Kier alpha value is -8.85. The summed E-state index contributed by atoms with van der Waals surface area (Å²) in [6.07, 6.45) is 0. The molecule has 1 aliphatic carbocycles. The molecule has 0 saturated carbocycles. The number of para-hydroxylation sites is 3. The molecule has 2 heterocycles. The van der Waals surface area contributed by atoms with Crippen LogP contribution in [0.3, 0.4) is 0 Å². The van der Waals surface area contributed by atoms with E-state index >= 15 is 0 Å². The minimum atomic E-state index is -0.623. The second-order valence-corrected chi connectivity index (χ2v) is 17.8. The van der Waals surface area contributed by atoms with Crippen LogP contribution in [0, 0.1) is 0 Å². The molecule has 0 amide bonds. The number of nitrogens with zero attached hydrogens (tertiary/aromatic N) is 2. The van der Waals surface area contributed by atoms with Crippen molar-refractivity contribution in [3.8, 4) is 78.1 Å². The van der Waals surface area contributed by atoms with Crippen molar-refractivity contribution in [2.24, 2.45) is 0 Å². The van der Waals surface area contributed by atoms with Crippen molar-refractivity contribution in [2.75, 3.05) is 4.90 Å². The Balaban J connectivity index is 1.06. The topological polar surface area (TPSA) is 16.1 Å². The Labute approximate surface area is 397 Å². The maximum Gasteiger partial charge on any atom is 0.0754 e. The van der Waals surface area contributed by atoms with Crippen LogP contribution < -0.4 is 4.90 Å². The molecule has 0 fully saturated rings. The zero-order valence-electron chi connectivity index (χ0n) is 37.3. The summed E-state index contributed by atoms with van der Waals surface area (Å²) in [5.74, 6) is 0. The summed E-state index contributed by atoms with van der Waals surface area (Å²) >= 11 is 0. The quantitative estimate of drug-likeness (QED) is 0.159. The number of benzene rings is 10. The number of aromatic nitrogens is 1. The standard InChI is InChI=1S/C66H44N2/c1-5-20-45(21-6-1)51-43-61(49-24-9-3-10-25-49)67-62(44-51)55-30-19-33-60-65(55)56-42-50(46-36-38-48(39-37-46)54-29-14-13-28-53(54)47-22-7-2-8-23-47)40-41-57(56)66(60)58-31-15-17-34-63(58)68(52-26-11-4-12-27-52)64-35-18-16-32-59(64)66/h1-44H. The van der Waals surface area contributed by atoms with Gasteiger partial charge in [0.25, 0.3) is 0 Å². The minimum absolute atomic E-state index is 0.623. The first-order valence-corrected chi connectivity index (χ1v) is 23.5.